The molecule has 0 bridgehead atoms. The molecule has 1 saturated carbocycles. The van der Waals surface area contributed by atoms with Gasteiger partial charge in [0.1, 0.15) is 5.41 Å². The van der Waals surface area contributed by atoms with Crippen LogP contribution in [0.1, 0.15) is 32.3 Å². The SMILES string of the molecule is CC(C)(CNC(=O)C1(C(=O)O)CC1)c1ccncc1. The lowest BCUT2D eigenvalue weighted by Crippen LogP contribution is -2.42. The molecule has 0 unspecified atom stereocenters. The van der Waals surface area contributed by atoms with Gasteiger partial charge in [0.05, 0.1) is 0 Å². The van der Waals surface area contributed by atoms with Crippen LogP contribution in [-0.4, -0.2) is 28.5 Å². The maximum Gasteiger partial charge on any atom is 0.319 e. The van der Waals surface area contributed by atoms with Crippen LogP contribution in [0.5, 0.6) is 0 Å². The molecule has 102 valence electrons. The zero-order chi connectivity index (χ0) is 14.1. The topological polar surface area (TPSA) is 79.3 Å². The van der Waals surface area contributed by atoms with Gasteiger partial charge in [-0.3, -0.25) is 14.6 Å². The van der Waals surface area contributed by atoms with Crippen molar-refractivity contribution < 1.29 is 14.7 Å². The Morgan fingerprint density at radius 1 is 1.37 bits per heavy atom. The zero-order valence-electron chi connectivity index (χ0n) is 11.1. The number of aliphatic carboxylic acids is 1. The number of pyridine rings is 1. The lowest BCUT2D eigenvalue weighted by Gasteiger charge is -2.26. The van der Waals surface area contributed by atoms with Crippen LogP contribution in [0.2, 0.25) is 0 Å². The van der Waals surface area contributed by atoms with Gasteiger partial charge in [0.25, 0.3) is 0 Å². The van der Waals surface area contributed by atoms with Gasteiger partial charge in [0.2, 0.25) is 5.91 Å². The monoisotopic (exact) mass is 262 g/mol. The number of aromatic nitrogens is 1. The fraction of sp³-hybridized carbons (Fsp3) is 0.500. The van der Waals surface area contributed by atoms with Crippen molar-refractivity contribution in [2.24, 2.45) is 5.41 Å². The Balaban J connectivity index is 1.99. The summed E-state index contributed by atoms with van der Waals surface area (Å²) in [6, 6.07) is 3.80. The van der Waals surface area contributed by atoms with E-state index in [-0.39, 0.29) is 11.3 Å². The van der Waals surface area contributed by atoms with Gasteiger partial charge < -0.3 is 10.4 Å². The Kier molecular flexibility index (Phi) is 3.30. The predicted octanol–water partition coefficient (Wildman–Crippen LogP) is 1.34. The van der Waals surface area contributed by atoms with Crippen molar-refractivity contribution in [1.82, 2.24) is 10.3 Å². The van der Waals surface area contributed by atoms with Crippen molar-refractivity contribution in [2.75, 3.05) is 6.54 Å². The maximum atomic E-state index is 11.9. The van der Waals surface area contributed by atoms with Crippen LogP contribution < -0.4 is 5.32 Å². The Labute approximate surface area is 112 Å². The highest BCUT2D eigenvalue weighted by atomic mass is 16.4. The third kappa shape index (κ3) is 2.59. The first-order valence-corrected chi connectivity index (χ1v) is 6.31. The minimum Gasteiger partial charge on any atom is -0.480 e. The van der Waals surface area contributed by atoms with E-state index >= 15 is 0 Å². The number of hydrogen-bond acceptors (Lipinski definition) is 3. The standard InChI is InChI=1S/C14H18N2O3/c1-13(2,10-3-7-15-8-4-10)9-16-11(17)14(5-6-14)12(18)19/h3-4,7-8H,5-6,9H2,1-2H3,(H,16,17)(H,18,19). The number of carboxylic acid groups (broad SMARTS) is 1. The number of amides is 1. The highest BCUT2D eigenvalue weighted by Gasteiger charge is 2.57. The largest absolute Gasteiger partial charge is 0.480 e. The molecular weight excluding hydrogens is 244 g/mol. The first-order valence-electron chi connectivity index (χ1n) is 6.31. The summed E-state index contributed by atoms with van der Waals surface area (Å²) in [5.74, 6) is -1.39. The minimum atomic E-state index is -1.17. The maximum absolute atomic E-state index is 11.9. The van der Waals surface area contributed by atoms with E-state index in [1.807, 2.05) is 26.0 Å². The second kappa shape index (κ2) is 4.64. The summed E-state index contributed by atoms with van der Waals surface area (Å²) in [6.45, 7) is 4.41. The summed E-state index contributed by atoms with van der Waals surface area (Å²) < 4.78 is 0. The molecule has 1 aromatic heterocycles. The van der Waals surface area contributed by atoms with Crippen LogP contribution in [-0.2, 0) is 15.0 Å². The first kappa shape index (κ1) is 13.5. The van der Waals surface area contributed by atoms with Gasteiger partial charge in [-0.05, 0) is 30.5 Å². The number of nitrogens with one attached hydrogen (secondary N) is 1. The highest BCUT2D eigenvalue weighted by Crippen LogP contribution is 2.46. The number of carbonyl (C=O) groups is 2. The van der Waals surface area contributed by atoms with Crippen LogP contribution >= 0.6 is 0 Å². The summed E-state index contributed by atoms with van der Waals surface area (Å²) in [6.07, 6.45) is 4.28. The highest BCUT2D eigenvalue weighted by molar-refractivity contribution is 6.04. The lowest BCUT2D eigenvalue weighted by molar-refractivity contribution is -0.149. The molecule has 5 heteroatoms. The molecule has 1 amide bonds. The van der Waals surface area contributed by atoms with E-state index in [0.717, 1.165) is 5.56 Å². The molecule has 2 rings (SSSR count). The number of carboxylic acids is 1. The van der Waals surface area contributed by atoms with Gasteiger partial charge in [-0.2, -0.15) is 0 Å². The minimum absolute atomic E-state index is 0.257. The summed E-state index contributed by atoms with van der Waals surface area (Å²) in [7, 11) is 0. The van der Waals surface area contributed by atoms with Crippen molar-refractivity contribution >= 4 is 11.9 Å². The van der Waals surface area contributed by atoms with Crippen LogP contribution in [0.25, 0.3) is 0 Å². The van der Waals surface area contributed by atoms with Crippen LogP contribution in [0.15, 0.2) is 24.5 Å². The smallest absolute Gasteiger partial charge is 0.319 e. The van der Waals surface area contributed by atoms with Crippen molar-refractivity contribution in [3.05, 3.63) is 30.1 Å². The van der Waals surface area contributed by atoms with Crippen molar-refractivity contribution in [1.29, 1.82) is 0 Å². The van der Waals surface area contributed by atoms with E-state index in [2.05, 4.69) is 10.3 Å². The third-order valence-corrected chi connectivity index (χ3v) is 3.75. The van der Waals surface area contributed by atoms with E-state index in [9.17, 15) is 9.59 Å². The molecule has 0 aliphatic heterocycles. The Morgan fingerprint density at radius 3 is 2.42 bits per heavy atom. The van der Waals surface area contributed by atoms with Gasteiger partial charge in [0, 0.05) is 24.4 Å². The number of hydrogen-bond donors (Lipinski definition) is 2. The van der Waals surface area contributed by atoms with Crippen LogP contribution in [0.4, 0.5) is 0 Å². The molecule has 1 heterocycles. The van der Waals surface area contributed by atoms with Crippen LogP contribution in [0, 0.1) is 5.41 Å². The number of rotatable bonds is 5. The average Bonchev–Trinajstić information content (AvgIpc) is 3.18. The van der Waals surface area contributed by atoms with E-state index in [4.69, 9.17) is 5.11 Å². The second-order valence-corrected chi connectivity index (χ2v) is 5.69. The molecular formula is C14H18N2O3. The molecule has 2 N–H and O–H groups in total. The van der Waals surface area contributed by atoms with Gasteiger partial charge in [-0.1, -0.05) is 13.8 Å². The summed E-state index contributed by atoms with van der Waals surface area (Å²) in [5, 5.41) is 11.8. The molecule has 1 aliphatic carbocycles. The van der Waals surface area contributed by atoms with Crippen molar-refractivity contribution in [2.45, 2.75) is 32.1 Å². The van der Waals surface area contributed by atoms with Crippen LogP contribution in [0.3, 0.4) is 0 Å². The van der Waals surface area contributed by atoms with Crippen molar-refractivity contribution in [3.8, 4) is 0 Å². The van der Waals surface area contributed by atoms with Crippen molar-refractivity contribution in [3.63, 3.8) is 0 Å². The normalized spacial score (nSPS) is 16.7. The van der Waals surface area contributed by atoms with E-state index in [1.54, 1.807) is 12.4 Å². The van der Waals surface area contributed by atoms with E-state index in [0.29, 0.717) is 19.4 Å². The molecule has 0 atom stereocenters. The molecule has 0 radical (unpaired) electrons. The summed E-state index contributed by atoms with van der Waals surface area (Å²) >= 11 is 0. The molecule has 19 heavy (non-hydrogen) atoms. The first-order chi connectivity index (χ1) is 8.88. The fourth-order valence-corrected chi connectivity index (χ4v) is 2.04. The molecule has 1 fully saturated rings. The quantitative estimate of drug-likeness (QED) is 0.785. The number of nitrogens with zero attached hydrogens (tertiary/aromatic N) is 1. The molecule has 0 aromatic carbocycles. The number of carbonyl (C=O) groups excluding carboxylic acids is 1. The molecule has 0 saturated heterocycles. The lowest BCUT2D eigenvalue weighted by atomic mass is 9.85. The zero-order valence-corrected chi connectivity index (χ0v) is 11.1. The molecule has 1 aromatic rings. The Morgan fingerprint density at radius 2 is 1.95 bits per heavy atom. The Bertz CT molecular complexity index is 493. The van der Waals surface area contributed by atoms with E-state index < -0.39 is 11.4 Å². The average molecular weight is 262 g/mol. The third-order valence-electron chi connectivity index (χ3n) is 3.75. The van der Waals surface area contributed by atoms with Gasteiger partial charge in [0.15, 0.2) is 0 Å². The van der Waals surface area contributed by atoms with Gasteiger partial charge >= 0.3 is 5.97 Å². The molecule has 1 aliphatic rings. The molecule has 0 spiro atoms. The predicted molar refractivity (Wildman–Crippen MR) is 69.6 cm³/mol. The van der Waals surface area contributed by atoms with Gasteiger partial charge in [-0.25, -0.2) is 0 Å². The molecule has 5 nitrogen and oxygen atoms in total. The fourth-order valence-electron chi connectivity index (χ4n) is 2.04. The van der Waals surface area contributed by atoms with Gasteiger partial charge in [-0.15, -0.1) is 0 Å². The summed E-state index contributed by atoms with van der Waals surface area (Å²) in [5.41, 5.74) is -0.371. The van der Waals surface area contributed by atoms with E-state index in [1.165, 1.54) is 0 Å². The second-order valence-electron chi connectivity index (χ2n) is 5.69. The Hall–Kier alpha value is -1.91. The summed E-state index contributed by atoms with van der Waals surface area (Å²) in [4.78, 5) is 27.0.